The van der Waals surface area contributed by atoms with Crippen LogP contribution in [0.25, 0.3) is 11.1 Å². The lowest BCUT2D eigenvalue weighted by Crippen LogP contribution is -2.10. The Morgan fingerprint density at radius 2 is 1.50 bits per heavy atom. The molecule has 0 atom stereocenters. The monoisotopic (exact) mass is 320 g/mol. The zero-order chi connectivity index (χ0) is 15.0. The van der Waals surface area contributed by atoms with Gasteiger partial charge in [0.1, 0.15) is 0 Å². The van der Waals surface area contributed by atoms with Crippen molar-refractivity contribution in [1.82, 2.24) is 0 Å². The number of hydrogen-bond donors (Lipinski definition) is 0. The molecule has 20 heavy (non-hydrogen) atoms. The minimum absolute atomic E-state index is 0.266. The smallest absolute Gasteiger partial charge is 0.207 e. The zero-order valence-corrected chi connectivity index (χ0v) is 11.4. The molecule has 2 aromatic rings. The zero-order valence-electron chi connectivity index (χ0n) is 9.86. The van der Waals surface area contributed by atoms with Gasteiger partial charge in [0.15, 0.2) is 0 Å². The normalized spacial score (nSPS) is 12.4. The lowest BCUT2D eigenvalue weighted by Gasteiger charge is -2.12. The molecule has 7 heteroatoms. The summed E-state index contributed by atoms with van der Waals surface area (Å²) in [5, 5.41) is 0. The van der Waals surface area contributed by atoms with Gasteiger partial charge in [0, 0.05) is 10.7 Å². The Labute approximate surface area is 118 Å². The van der Waals surface area contributed by atoms with Crippen LogP contribution in [0.15, 0.2) is 53.4 Å². The van der Waals surface area contributed by atoms with E-state index >= 15 is 0 Å². The standard InChI is InChI=1S/C13H8ClF3O2S/c14-20(18,19)12-7-6-10(8-11(12)13(15,16)17)9-4-2-1-3-5-9/h1-8H. The fourth-order valence-electron chi connectivity index (χ4n) is 1.77. The maximum Gasteiger partial charge on any atom is 0.417 e. The molecule has 0 aliphatic carbocycles. The molecule has 2 rings (SSSR count). The van der Waals surface area contributed by atoms with Crippen LogP contribution in [0.2, 0.25) is 0 Å². The number of halogens is 4. The molecule has 0 unspecified atom stereocenters. The summed E-state index contributed by atoms with van der Waals surface area (Å²) in [5.41, 5.74) is -0.452. The van der Waals surface area contributed by atoms with E-state index in [4.69, 9.17) is 10.7 Å². The minimum atomic E-state index is -4.80. The average Bonchev–Trinajstić information content (AvgIpc) is 2.37. The Kier molecular flexibility index (Phi) is 3.80. The Balaban J connectivity index is 2.68. The van der Waals surface area contributed by atoms with Gasteiger partial charge in [0.25, 0.3) is 9.05 Å². The predicted octanol–water partition coefficient (Wildman–Crippen LogP) is 4.30. The molecular formula is C13H8ClF3O2S. The maximum atomic E-state index is 13.0. The van der Waals surface area contributed by atoms with Crippen molar-refractivity contribution in [3.05, 3.63) is 54.1 Å². The average molecular weight is 321 g/mol. The van der Waals surface area contributed by atoms with E-state index in [2.05, 4.69) is 0 Å². The molecule has 0 saturated carbocycles. The molecule has 0 heterocycles. The molecule has 0 spiro atoms. The van der Waals surface area contributed by atoms with Crippen molar-refractivity contribution in [3.63, 3.8) is 0 Å². The van der Waals surface area contributed by atoms with Crippen LogP contribution < -0.4 is 0 Å². The summed E-state index contributed by atoms with van der Waals surface area (Å²) in [7, 11) is 0.577. The van der Waals surface area contributed by atoms with Gasteiger partial charge < -0.3 is 0 Å². The van der Waals surface area contributed by atoms with Crippen LogP contribution in [0.3, 0.4) is 0 Å². The van der Waals surface area contributed by atoms with Crippen LogP contribution in [0.4, 0.5) is 13.2 Å². The third kappa shape index (κ3) is 3.13. The summed E-state index contributed by atoms with van der Waals surface area (Å²) in [6, 6.07) is 11.3. The highest BCUT2D eigenvalue weighted by molar-refractivity contribution is 8.13. The van der Waals surface area contributed by atoms with Gasteiger partial charge in [-0.1, -0.05) is 36.4 Å². The lowest BCUT2D eigenvalue weighted by atomic mass is 10.0. The van der Waals surface area contributed by atoms with Gasteiger partial charge in [-0.15, -0.1) is 0 Å². The van der Waals surface area contributed by atoms with Gasteiger partial charge in [-0.25, -0.2) is 8.42 Å². The topological polar surface area (TPSA) is 34.1 Å². The summed E-state index contributed by atoms with van der Waals surface area (Å²) < 4.78 is 61.3. The van der Waals surface area contributed by atoms with Crippen molar-refractivity contribution in [2.75, 3.05) is 0 Å². The van der Waals surface area contributed by atoms with Crippen LogP contribution in [-0.2, 0) is 15.2 Å². The van der Waals surface area contributed by atoms with Crippen molar-refractivity contribution in [1.29, 1.82) is 0 Å². The highest BCUT2D eigenvalue weighted by Gasteiger charge is 2.37. The van der Waals surface area contributed by atoms with Crippen molar-refractivity contribution in [2.45, 2.75) is 11.1 Å². The first kappa shape index (κ1) is 14.9. The molecule has 0 saturated heterocycles. The number of rotatable bonds is 2. The first-order valence-corrected chi connectivity index (χ1v) is 7.72. The predicted molar refractivity (Wildman–Crippen MR) is 69.9 cm³/mol. The molecule has 0 fully saturated rings. The van der Waals surface area contributed by atoms with E-state index in [1.807, 2.05) is 0 Å². The quantitative estimate of drug-likeness (QED) is 0.773. The highest BCUT2D eigenvalue weighted by atomic mass is 35.7. The maximum absolute atomic E-state index is 13.0. The van der Waals surface area contributed by atoms with Gasteiger partial charge in [0.2, 0.25) is 0 Å². The molecule has 0 bridgehead atoms. The van der Waals surface area contributed by atoms with Gasteiger partial charge in [0.05, 0.1) is 10.5 Å². The number of benzene rings is 2. The van der Waals surface area contributed by atoms with Crippen LogP contribution in [-0.4, -0.2) is 8.42 Å². The third-order valence-corrected chi connectivity index (χ3v) is 4.03. The Bertz CT molecular complexity index is 725. The van der Waals surface area contributed by atoms with E-state index in [-0.39, 0.29) is 5.56 Å². The van der Waals surface area contributed by atoms with Crippen LogP contribution in [0.1, 0.15) is 5.56 Å². The van der Waals surface area contributed by atoms with E-state index < -0.39 is 25.7 Å². The number of hydrogen-bond acceptors (Lipinski definition) is 2. The van der Waals surface area contributed by atoms with Gasteiger partial charge in [-0.3, -0.25) is 0 Å². The molecule has 106 valence electrons. The van der Waals surface area contributed by atoms with Crippen molar-refractivity contribution in [3.8, 4) is 11.1 Å². The molecule has 0 aliphatic rings. The van der Waals surface area contributed by atoms with Crippen molar-refractivity contribution in [2.24, 2.45) is 0 Å². The molecule has 0 aromatic heterocycles. The van der Waals surface area contributed by atoms with Gasteiger partial charge in [-0.05, 0) is 23.3 Å². The highest BCUT2D eigenvalue weighted by Crippen LogP contribution is 2.37. The SMILES string of the molecule is O=S(=O)(Cl)c1ccc(-c2ccccc2)cc1C(F)(F)F. The Morgan fingerprint density at radius 1 is 0.900 bits per heavy atom. The fourth-order valence-corrected chi connectivity index (χ4v) is 2.85. The van der Waals surface area contributed by atoms with E-state index in [1.54, 1.807) is 30.3 Å². The minimum Gasteiger partial charge on any atom is -0.207 e. The van der Waals surface area contributed by atoms with E-state index in [0.717, 1.165) is 12.1 Å². The van der Waals surface area contributed by atoms with E-state index in [9.17, 15) is 21.6 Å². The Hall–Kier alpha value is -1.53. The van der Waals surface area contributed by atoms with Gasteiger partial charge in [-0.2, -0.15) is 13.2 Å². The van der Waals surface area contributed by atoms with Crippen molar-refractivity contribution >= 4 is 19.7 Å². The summed E-state index contributed by atoms with van der Waals surface area (Å²) in [4.78, 5) is -0.939. The Morgan fingerprint density at radius 3 is 2.00 bits per heavy atom. The molecule has 0 aliphatic heterocycles. The van der Waals surface area contributed by atoms with Crippen LogP contribution in [0.5, 0.6) is 0 Å². The summed E-state index contributed by atoms with van der Waals surface area (Å²) in [6.07, 6.45) is -4.80. The molecule has 2 nitrogen and oxygen atoms in total. The molecule has 0 radical (unpaired) electrons. The molecule has 0 N–H and O–H groups in total. The first-order valence-electron chi connectivity index (χ1n) is 5.41. The second-order valence-corrected chi connectivity index (χ2v) is 6.55. The van der Waals surface area contributed by atoms with E-state index in [1.165, 1.54) is 6.07 Å². The largest absolute Gasteiger partial charge is 0.417 e. The number of alkyl halides is 3. The second kappa shape index (κ2) is 5.10. The molecule has 2 aromatic carbocycles. The third-order valence-electron chi connectivity index (χ3n) is 2.65. The first-order chi connectivity index (χ1) is 9.19. The van der Waals surface area contributed by atoms with Crippen molar-refractivity contribution < 1.29 is 21.6 Å². The summed E-state index contributed by atoms with van der Waals surface area (Å²) >= 11 is 0. The summed E-state index contributed by atoms with van der Waals surface area (Å²) in [6.45, 7) is 0. The molecule has 0 amide bonds. The fraction of sp³-hybridized carbons (Fsp3) is 0.0769. The van der Waals surface area contributed by atoms with Crippen LogP contribution >= 0.6 is 10.7 Å². The van der Waals surface area contributed by atoms with Crippen LogP contribution in [0, 0.1) is 0 Å². The summed E-state index contributed by atoms with van der Waals surface area (Å²) in [5.74, 6) is 0. The lowest BCUT2D eigenvalue weighted by molar-refractivity contribution is -0.139. The van der Waals surface area contributed by atoms with Gasteiger partial charge >= 0.3 is 6.18 Å². The molecular weight excluding hydrogens is 313 g/mol. The second-order valence-electron chi connectivity index (χ2n) is 4.01. The van der Waals surface area contributed by atoms with E-state index in [0.29, 0.717) is 5.56 Å².